The van der Waals surface area contributed by atoms with Crippen LogP contribution in [0.5, 0.6) is 5.75 Å². The van der Waals surface area contributed by atoms with E-state index in [2.05, 4.69) is 20.8 Å². The highest BCUT2D eigenvalue weighted by atomic mass is 35.5. The largest absolute Gasteiger partial charge is 0.486 e. The third kappa shape index (κ3) is 5.71. The summed E-state index contributed by atoms with van der Waals surface area (Å²) < 4.78 is 10.9. The van der Waals surface area contributed by atoms with E-state index >= 15 is 0 Å². The molecule has 0 aliphatic carbocycles. The van der Waals surface area contributed by atoms with Gasteiger partial charge in [0.15, 0.2) is 5.01 Å². The van der Waals surface area contributed by atoms with Gasteiger partial charge in [-0.25, -0.2) is 0 Å². The molecular weight excluding hydrogens is 452 g/mol. The molecule has 2 heterocycles. The molecule has 4 rings (SSSR count). The molecule has 10 heteroatoms. The van der Waals surface area contributed by atoms with E-state index in [9.17, 15) is 9.59 Å². The third-order valence-electron chi connectivity index (χ3n) is 4.23. The fourth-order valence-electron chi connectivity index (χ4n) is 2.68. The first-order valence-electron chi connectivity index (χ1n) is 9.49. The Hall–Kier alpha value is -3.69. The normalized spacial score (nSPS) is 10.5. The lowest BCUT2D eigenvalue weighted by atomic mass is 10.2. The second kappa shape index (κ2) is 10.1. The van der Waals surface area contributed by atoms with Crippen molar-refractivity contribution in [2.75, 3.05) is 5.32 Å². The van der Waals surface area contributed by atoms with Crippen molar-refractivity contribution < 1.29 is 18.7 Å². The quantitative estimate of drug-likeness (QED) is 0.393. The fraction of sp³-hybridized carbons (Fsp3) is 0.0909. The number of nitrogens with zero attached hydrogens (tertiary/aromatic N) is 2. The molecule has 0 radical (unpaired) electrons. The van der Waals surface area contributed by atoms with Gasteiger partial charge in [0.1, 0.15) is 18.1 Å². The lowest BCUT2D eigenvalue weighted by molar-refractivity contribution is 0.0947. The van der Waals surface area contributed by atoms with Gasteiger partial charge in [-0.15, -0.1) is 10.2 Å². The number of ether oxygens (including phenoxy) is 1. The highest BCUT2D eigenvalue weighted by Gasteiger charge is 2.14. The fourth-order valence-corrected chi connectivity index (χ4v) is 3.52. The van der Waals surface area contributed by atoms with Crippen LogP contribution in [0, 0.1) is 0 Å². The monoisotopic (exact) mass is 468 g/mol. The van der Waals surface area contributed by atoms with Crippen LogP contribution < -0.4 is 15.4 Å². The lowest BCUT2D eigenvalue weighted by Crippen LogP contribution is -2.22. The van der Waals surface area contributed by atoms with E-state index in [0.717, 1.165) is 11.3 Å². The van der Waals surface area contributed by atoms with Crippen LogP contribution in [0.25, 0.3) is 0 Å². The van der Waals surface area contributed by atoms with Crippen molar-refractivity contribution in [3.05, 3.63) is 93.3 Å². The topological polar surface area (TPSA) is 106 Å². The molecular formula is C22H17ClN4O4S. The molecule has 162 valence electrons. The number of carbonyl (C=O) groups excluding carboxylic acids is 2. The van der Waals surface area contributed by atoms with Gasteiger partial charge in [-0.05, 0) is 54.6 Å². The second-order valence-electron chi connectivity index (χ2n) is 6.54. The Labute approximate surface area is 192 Å². The van der Waals surface area contributed by atoms with Crippen LogP contribution in [0.1, 0.15) is 30.9 Å². The van der Waals surface area contributed by atoms with Crippen molar-refractivity contribution in [3.8, 4) is 5.75 Å². The molecule has 2 aromatic carbocycles. The number of rotatable bonds is 8. The SMILES string of the molecule is O=C(NCc1ccco1)c1ccc(OCc2nnc(C(=O)Nc3cccc(Cl)c3)s2)cc1. The summed E-state index contributed by atoms with van der Waals surface area (Å²) in [5.74, 6) is 0.650. The first kappa shape index (κ1) is 21.5. The molecule has 32 heavy (non-hydrogen) atoms. The van der Waals surface area contributed by atoms with Crippen molar-refractivity contribution in [2.24, 2.45) is 0 Å². The summed E-state index contributed by atoms with van der Waals surface area (Å²) in [5.41, 5.74) is 1.07. The minimum atomic E-state index is -0.374. The molecule has 0 atom stereocenters. The molecule has 0 aliphatic rings. The molecule has 2 aromatic heterocycles. The standard InChI is InChI=1S/C22H17ClN4O4S/c23-15-3-1-4-16(11-15)25-21(29)22-27-26-19(32-22)13-31-17-8-6-14(7-9-17)20(28)24-12-18-5-2-10-30-18/h1-11H,12-13H2,(H,24,28)(H,25,29). The average molecular weight is 469 g/mol. The number of amides is 2. The van der Waals surface area contributed by atoms with Crippen molar-refractivity contribution in [1.82, 2.24) is 15.5 Å². The summed E-state index contributed by atoms with van der Waals surface area (Å²) in [4.78, 5) is 24.5. The van der Waals surface area contributed by atoms with Crippen LogP contribution in [-0.4, -0.2) is 22.0 Å². The summed E-state index contributed by atoms with van der Waals surface area (Å²) in [7, 11) is 0. The Morgan fingerprint density at radius 2 is 1.88 bits per heavy atom. The van der Waals surface area contributed by atoms with Gasteiger partial charge < -0.3 is 19.8 Å². The maximum absolute atomic E-state index is 12.3. The first-order chi connectivity index (χ1) is 15.6. The van der Waals surface area contributed by atoms with Gasteiger partial charge in [0, 0.05) is 16.3 Å². The lowest BCUT2D eigenvalue weighted by Gasteiger charge is -2.06. The Kier molecular flexibility index (Phi) is 6.78. The number of anilines is 1. The van der Waals surface area contributed by atoms with Crippen LogP contribution in [0.2, 0.25) is 5.02 Å². The summed E-state index contributed by atoms with van der Waals surface area (Å²) in [6, 6.07) is 17.1. The predicted molar refractivity (Wildman–Crippen MR) is 120 cm³/mol. The Morgan fingerprint density at radius 3 is 2.62 bits per heavy atom. The number of benzene rings is 2. The van der Waals surface area contributed by atoms with E-state index in [1.54, 1.807) is 66.9 Å². The minimum Gasteiger partial charge on any atom is -0.486 e. The summed E-state index contributed by atoms with van der Waals surface area (Å²) in [6.45, 7) is 0.459. The van der Waals surface area contributed by atoms with Gasteiger partial charge in [-0.1, -0.05) is 29.0 Å². The van der Waals surface area contributed by atoms with Gasteiger partial charge in [0.05, 0.1) is 12.8 Å². The van der Waals surface area contributed by atoms with Gasteiger partial charge in [0.25, 0.3) is 11.8 Å². The third-order valence-corrected chi connectivity index (χ3v) is 5.36. The molecule has 0 saturated heterocycles. The van der Waals surface area contributed by atoms with Crippen molar-refractivity contribution in [3.63, 3.8) is 0 Å². The van der Waals surface area contributed by atoms with Crippen molar-refractivity contribution in [2.45, 2.75) is 13.2 Å². The maximum Gasteiger partial charge on any atom is 0.286 e. The van der Waals surface area contributed by atoms with E-state index in [0.29, 0.717) is 39.3 Å². The molecule has 0 fully saturated rings. The number of aromatic nitrogens is 2. The van der Waals surface area contributed by atoms with Crippen LogP contribution in [-0.2, 0) is 13.2 Å². The number of hydrogen-bond acceptors (Lipinski definition) is 7. The van der Waals surface area contributed by atoms with Crippen LogP contribution >= 0.6 is 22.9 Å². The minimum absolute atomic E-state index is 0.145. The highest BCUT2D eigenvalue weighted by molar-refractivity contribution is 7.13. The summed E-state index contributed by atoms with van der Waals surface area (Å²) in [6.07, 6.45) is 1.56. The molecule has 8 nitrogen and oxygen atoms in total. The van der Waals surface area contributed by atoms with Crippen molar-refractivity contribution >= 4 is 40.4 Å². The van der Waals surface area contributed by atoms with Crippen LogP contribution in [0.4, 0.5) is 5.69 Å². The molecule has 2 N–H and O–H groups in total. The zero-order valence-corrected chi connectivity index (χ0v) is 18.2. The van der Waals surface area contributed by atoms with E-state index in [-0.39, 0.29) is 23.4 Å². The molecule has 0 unspecified atom stereocenters. The van der Waals surface area contributed by atoms with E-state index in [1.807, 2.05) is 0 Å². The number of nitrogens with one attached hydrogen (secondary N) is 2. The zero-order valence-electron chi connectivity index (χ0n) is 16.6. The molecule has 0 saturated carbocycles. The number of hydrogen-bond donors (Lipinski definition) is 2. The Morgan fingerprint density at radius 1 is 1.03 bits per heavy atom. The molecule has 4 aromatic rings. The van der Waals surface area contributed by atoms with E-state index in [4.69, 9.17) is 20.8 Å². The van der Waals surface area contributed by atoms with Crippen LogP contribution in [0.3, 0.4) is 0 Å². The average Bonchev–Trinajstić information content (AvgIpc) is 3.49. The molecule has 0 spiro atoms. The van der Waals surface area contributed by atoms with Gasteiger partial charge in [-0.3, -0.25) is 9.59 Å². The van der Waals surface area contributed by atoms with Gasteiger partial charge in [-0.2, -0.15) is 0 Å². The number of carbonyl (C=O) groups is 2. The summed E-state index contributed by atoms with van der Waals surface area (Å²) >= 11 is 7.05. The van der Waals surface area contributed by atoms with E-state index < -0.39 is 0 Å². The van der Waals surface area contributed by atoms with Gasteiger partial charge >= 0.3 is 0 Å². The van der Waals surface area contributed by atoms with Crippen LogP contribution in [0.15, 0.2) is 71.3 Å². The second-order valence-corrected chi connectivity index (χ2v) is 8.04. The Balaban J connectivity index is 1.28. The molecule has 0 aliphatic heterocycles. The number of furan rings is 1. The maximum atomic E-state index is 12.3. The molecule has 0 bridgehead atoms. The summed E-state index contributed by atoms with van der Waals surface area (Å²) in [5, 5.41) is 14.7. The first-order valence-corrected chi connectivity index (χ1v) is 10.7. The van der Waals surface area contributed by atoms with E-state index in [1.165, 1.54) is 0 Å². The zero-order chi connectivity index (χ0) is 22.3. The van der Waals surface area contributed by atoms with Crippen molar-refractivity contribution in [1.29, 1.82) is 0 Å². The predicted octanol–water partition coefficient (Wildman–Crippen LogP) is 4.55. The van der Waals surface area contributed by atoms with Gasteiger partial charge in [0.2, 0.25) is 5.01 Å². The highest BCUT2D eigenvalue weighted by Crippen LogP contribution is 2.19. The smallest absolute Gasteiger partial charge is 0.286 e. The molecule has 2 amide bonds. The number of halogens is 1. The Bertz CT molecular complexity index is 1210.